The Hall–Kier alpha value is -3.96. The van der Waals surface area contributed by atoms with E-state index in [9.17, 15) is 9.18 Å². The molecule has 1 amide bonds. The van der Waals surface area contributed by atoms with E-state index >= 15 is 0 Å². The number of amides is 1. The van der Waals surface area contributed by atoms with Gasteiger partial charge >= 0.3 is 0 Å². The smallest absolute Gasteiger partial charge is 0.254 e. The third kappa shape index (κ3) is 5.69. The summed E-state index contributed by atoms with van der Waals surface area (Å²) in [4.78, 5) is 14.9. The molecule has 5 heteroatoms. The molecule has 0 aliphatic heterocycles. The van der Waals surface area contributed by atoms with E-state index in [1.807, 2.05) is 84.9 Å². The molecule has 0 heterocycles. The standard InChI is InChI=1S/C29H27FN2O2/c30-27-19-24(15-16-28(27)34-21-22-9-3-1-4-10-22)29(33)32(18-17-31)20-25-13-7-8-14-26(25)23-11-5-2-6-12-23/h1-16,19H,17-18,20-21,31H2. The summed E-state index contributed by atoms with van der Waals surface area (Å²) in [6.07, 6.45) is 0. The van der Waals surface area contributed by atoms with Crippen molar-refractivity contribution >= 4 is 5.91 Å². The van der Waals surface area contributed by atoms with Gasteiger partial charge in [-0.2, -0.15) is 0 Å². The Balaban J connectivity index is 1.52. The Labute approximate surface area is 199 Å². The molecular formula is C29H27FN2O2. The molecule has 34 heavy (non-hydrogen) atoms. The lowest BCUT2D eigenvalue weighted by molar-refractivity contribution is 0.0748. The van der Waals surface area contributed by atoms with Crippen molar-refractivity contribution in [1.82, 2.24) is 4.90 Å². The van der Waals surface area contributed by atoms with E-state index in [0.29, 0.717) is 19.6 Å². The lowest BCUT2D eigenvalue weighted by Gasteiger charge is -2.24. The van der Waals surface area contributed by atoms with Crippen molar-refractivity contribution in [2.75, 3.05) is 13.1 Å². The van der Waals surface area contributed by atoms with E-state index in [0.717, 1.165) is 22.3 Å². The molecule has 0 radical (unpaired) electrons. The molecule has 0 unspecified atom stereocenters. The van der Waals surface area contributed by atoms with E-state index < -0.39 is 5.82 Å². The molecule has 0 fully saturated rings. The second-order valence-electron chi connectivity index (χ2n) is 7.96. The van der Waals surface area contributed by atoms with Crippen LogP contribution in [0.5, 0.6) is 5.75 Å². The molecule has 172 valence electrons. The SMILES string of the molecule is NCCN(Cc1ccccc1-c1ccccc1)C(=O)c1ccc(OCc2ccccc2)c(F)c1. The van der Waals surface area contributed by atoms with Crippen LogP contribution in [0.1, 0.15) is 21.5 Å². The Kier molecular flexibility index (Phi) is 7.68. The highest BCUT2D eigenvalue weighted by Crippen LogP contribution is 2.26. The van der Waals surface area contributed by atoms with Crippen LogP contribution in [0.2, 0.25) is 0 Å². The lowest BCUT2D eigenvalue weighted by atomic mass is 9.99. The number of nitrogens with two attached hydrogens (primary N) is 1. The van der Waals surface area contributed by atoms with Crippen molar-refractivity contribution < 1.29 is 13.9 Å². The lowest BCUT2D eigenvalue weighted by Crippen LogP contribution is -2.35. The molecule has 4 aromatic carbocycles. The van der Waals surface area contributed by atoms with Gasteiger partial charge in [-0.05, 0) is 40.5 Å². The minimum atomic E-state index is -0.570. The second kappa shape index (κ2) is 11.3. The molecule has 0 aromatic heterocycles. The Morgan fingerprint density at radius 1 is 0.853 bits per heavy atom. The molecule has 0 saturated heterocycles. The van der Waals surface area contributed by atoms with Crippen molar-refractivity contribution in [1.29, 1.82) is 0 Å². The molecule has 4 rings (SSSR count). The van der Waals surface area contributed by atoms with E-state index in [1.165, 1.54) is 12.1 Å². The van der Waals surface area contributed by atoms with Crippen LogP contribution in [0, 0.1) is 5.82 Å². The highest BCUT2D eigenvalue weighted by molar-refractivity contribution is 5.94. The van der Waals surface area contributed by atoms with Crippen molar-refractivity contribution in [2.45, 2.75) is 13.2 Å². The van der Waals surface area contributed by atoms with E-state index in [4.69, 9.17) is 10.5 Å². The zero-order valence-corrected chi connectivity index (χ0v) is 18.9. The van der Waals surface area contributed by atoms with Crippen LogP contribution in [-0.2, 0) is 13.2 Å². The van der Waals surface area contributed by atoms with E-state index in [1.54, 1.807) is 11.0 Å². The fourth-order valence-corrected chi connectivity index (χ4v) is 3.84. The molecule has 0 saturated carbocycles. The first-order valence-corrected chi connectivity index (χ1v) is 11.2. The summed E-state index contributed by atoms with van der Waals surface area (Å²) in [5.41, 5.74) is 10.1. The van der Waals surface area contributed by atoms with Gasteiger partial charge in [0.05, 0.1) is 0 Å². The maximum atomic E-state index is 14.8. The fourth-order valence-electron chi connectivity index (χ4n) is 3.84. The first-order valence-electron chi connectivity index (χ1n) is 11.2. The average Bonchev–Trinajstić information content (AvgIpc) is 2.88. The van der Waals surface area contributed by atoms with E-state index in [2.05, 4.69) is 0 Å². The molecule has 0 bridgehead atoms. The van der Waals surface area contributed by atoms with Crippen LogP contribution in [0.3, 0.4) is 0 Å². The van der Waals surface area contributed by atoms with Gasteiger partial charge in [0, 0.05) is 25.2 Å². The number of carbonyl (C=O) groups excluding carboxylic acids is 1. The van der Waals surface area contributed by atoms with Crippen LogP contribution in [-0.4, -0.2) is 23.9 Å². The molecular weight excluding hydrogens is 427 g/mol. The number of carbonyl (C=O) groups is 1. The predicted octanol–water partition coefficient (Wildman–Crippen LogP) is 5.67. The van der Waals surface area contributed by atoms with Gasteiger partial charge in [-0.25, -0.2) is 4.39 Å². The number of halogens is 1. The summed E-state index contributed by atoms with van der Waals surface area (Å²) >= 11 is 0. The number of hydrogen-bond donors (Lipinski definition) is 1. The summed E-state index contributed by atoms with van der Waals surface area (Å²) in [7, 11) is 0. The normalized spacial score (nSPS) is 10.6. The average molecular weight is 455 g/mol. The fraction of sp³-hybridized carbons (Fsp3) is 0.138. The van der Waals surface area contributed by atoms with E-state index in [-0.39, 0.29) is 23.8 Å². The Morgan fingerprint density at radius 2 is 1.53 bits per heavy atom. The van der Waals surface area contributed by atoms with Crippen LogP contribution in [0.25, 0.3) is 11.1 Å². The topological polar surface area (TPSA) is 55.6 Å². The molecule has 4 aromatic rings. The van der Waals surface area contributed by atoms with Gasteiger partial charge < -0.3 is 15.4 Å². The zero-order chi connectivity index (χ0) is 23.8. The van der Waals surface area contributed by atoms with Gasteiger partial charge in [0.15, 0.2) is 11.6 Å². The summed E-state index contributed by atoms with van der Waals surface area (Å²) in [5.74, 6) is -0.735. The summed E-state index contributed by atoms with van der Waals surface area (Å²) in [6, 6.07) is 31.8. The van der Waals surface area contributed by atoms with Crippen molar-refractivity contribution in [3.8, 4) is 16.9 Å². The first-order chi connectivity index (χ1) is 16.7. The Morgan fingerprint density at radius 3 is 2.24 bits per heavy atom. The van der Waals surface area contributed by atoms with Crippen LogP contribution in [0.15, 0.2) is 103 Å². The molecule has 0 spiro atoms. The minimum Gasteiger partial charge on any atom is -0.486 e. The highest BCUT2D eigenvalue weighted by atomic mass is 19.1. The maximum Gasteiger partial charge on any atom is 0.254 e. The van der Waals surface area contributed by atoms with Crippen LogP contribution < -0.4 is 10.5 Å². The quantitative estimate of drug-likeness (QED) is 0.354. The third-order valence-electron chi connectivity index (χ3n) is 5.57. The van der Waals surface area contributed by atoms with Crippen LogP contribution in [0.4, 0.5) is 4.39 Å². The first kappa shape index (κ1) is 23.2. The number of nitrogens with zero attached hydrogens (tertiary/aromatic N) is 1. The van der Waals surface area contributed by atoms with Gasteiger partial charge in [-0.15, -0.1) is 0 Å². The van der Waals surface area contributed by atoms with Gasteiger partial charge in [-0.1, -0.05) is 84.9 Å². The van der Waals surface area contributed by atoms with Crippen molar-refractivity contribution in [3.05, 3.63) is 126 Å². The molecule has 0 aliphatic rings. The van der Waals surface area contributed by atoms with Crippen molar-refractivity contribution in [2.24, 2.45) is 5.73 Å². The summed E-state index contributed by atoms with van der Waals surface area (Å²) in [5, 5.41) is 0. The van der Waals surface area contributed by atoms with Crippen LogP contribution >= 0.6 is 0 Å². The molecule has 0 aliphatic carbocycles. The second-order valence-corrected chi connectivity index (χ2v) is 7.96. The Bertz CT molecular complexity index is 1230. The van der Waals surface area contributed by atoms with Crippen molar-refractivity contribution in [3.63, 3.8) is 0 Å². The molecule has 0 atom stereocenters. The summed E-state index contributed by atoms with van der Waals surface area (Å²) in [6.45, 7) is 1.28. The predicted molar refractivity (Wildman–Crippen MR) is 133 cm³/mol. The van der Waals surface area contributed by atoms with Gasteiger partial charge in [-0.3, -0.25) is 4.79 Å². The largest absolute Gasteiger partial charge is 0.486 e. The molecule has 4 nitrogen and oxygen atoms in total. The summed E-state index contributed by atoms with van der Waals surface area (Å²) < 4.78 is 20.4. The monoisotopic (exact) mass is 454 g/mol. The number of hydrogen-bond acceptors (Lipinski definition) is 3. The molecule has 2 N–H and O–H groups in total. The number of ether oxygens (including phenoxy) is 1. The van der Waals surface area contributed by atoms with Gasteiger partial charge in [0.1, 0.15) is 6.61 Å². The highest BCUT2D eigenvalue weighted by Gasteiger charge is 2.19. The van der Waals surface area contributed by atoms with Gasteiger partial charge in [0.2, 0.25) is 0 Å². The number of rotatable bonds is 9. The zero-order valence-electron chi connectivity index (χ0n) is 18.9. The van der Waals surface area contributed by atoms with Gasteiger partial charge in [0.25, 0.3) is 5.91 Å². The third-order valence-corrected chi connectivity index (χ3v) is 5.57. The number of benzene rings is 4. The minimum absolute atomic E-state index is 0.111. The maximum absolute atomic E-state index is 14.8.